The first kappa shape index (κ1) is 17.4. The van der Waals surface area contributed by atoms with Crippen LogP contribution >= 0.6 is 0 Å². The largest absolute Gasteiger partial charge is 0.389 e. The summed E-state index contributed by atoms with van der Waals surface area (Å²) < 4.78 is 28.5. The van der Waals surface area contributed by atoms with Gasteiger partial charge in [-0.1, -0.05) is 6.58 Å². The van der Waals surface area contributed by atoms with E-state index in [1.165, 1.54) is 0 Å². The van der Waals surface area contributed by atoms with Gasteiger partial charge in [0, 0.05) is 31.0 Å². The fourth-order valence-corrected chi connectivity index (χ4v) is 4.08. The molecule has 3 N–H and O–H groups in total. The van der Waals surface area contributed by atoms with Gasteiger partial charge < -0.3 is 11.1 Å². The number of nitrogens with one attached hydrogen (secondary N) is 1. The quantitative estimate of drug-likeness (QED) is 0.877. The van der Waals surface area contributed by atoms with Gasteiger partial charge in [0.15, 0.2) is 5.65 Å². The van der Waals surface area contributed by atoms with Crippen molar-refractivity contribution in [2.24, 2.45) is 17.6 Å². The van der Waals surface area contributed by atoms with Crippen molar-refractivity contribution in [1.82, 2.24) is 19.9 Å². The number of hydrogen-bond acceptors (Lipinski definition) is 4. The van der Waals surface area contributed by atoms with Gasteiger partial charge in [-0.3, -0.25) is 0 Å². The van der Waals surface area contributed by atoms with Crippen LogP contribution in [0.15, 0.2) is 30.6 Å². The molecular weight excluding hydrogens is 336 g/mol. The Bertz CT molecular complexity index is 805. The number of fused-ring (bicyclic) bond motifs is 1. The Morgan fingerprint density at radius 2 is 2.08 bits per heavy atom. The van der Waals surface area contributed by atoms with Gasteiger partial charge in [-0.25, -0.2) is 18.3 Å². The minimum atomic E-state index is -2.54. The van der Waals surface area contributed by atoms with Crippen LogP contribution in [-0.4, -0.2) is 27.1 Å². The maximum atomic E-state index is 13.4. The Balaban J connectivity index is 1.49. The molecule has 5 nitrogen and oxygen atoms in total. The van der Waals surface area contributed by atoms with Gasteiger partial charge in [0.05, 0.1) is 23.6 Å². The number of alkyl halides is 2. The summed E-state index contributed by atoms with van der Waals surface area (Å²) in [4.78, 5) is 4.57. The first-order valence-electron chi connectivity index (χ1n) is 9.32. The number of allylic oxidation sites excluding steroid dienone is 1. The molecule has 2 atom stereocenters. The maximum Gasteiger partial charge on any atom is 0.248 e. The molecule has 2 fully saturated rings. The Hall–Kier alpha value is -2.02. The van der Waals surface area contributed by atoms with E-state index in [1.807, 2.05) is 18.3 Å². The third-order valence-electron chi connectivity index (χ3n) is 5.80. The van der Waals surface area contributed by atoms with Crippen LogP contribution in [0.3, 0.4) is 0 Å². The SMILES string of the molecule is C=C1NCCC1Cc1ccc2nc(C(N)C3CCC(F)(F)CC3)cn2n1. The Morgan fingerprint density at radius 3 is 2.77 bits per heavy atom. The van der Waals surface area contributed by atoms with Crippen molar-refractivity contribution in [3.63, 3.8) is 0 Å². The maximum absolute atomic E-state index is 13.4. The van der Waals surface area contributed by atoms with Gasteiger partial charge in [-0.2, -0.15) is 5.10 Å². The summed E-state index contributed by atoms with van der Waals surface area (Å²) in [5.74, 6) is -2.08. The van der Waals surface area contributed by atoms with E-state index in [0.717, 1.165) is 42.1 Å². The van der Waals surface area contributed by atoms with E-state index in [4.69, 9.17) is 5.73 Å². The van der Waals surface area contributed by atoms with Gasteiger partial charge in [-0.15, -0.1) is 0 Å². The van der Waals surface area contributed by atoms with Gasteiger partial charge in [-0.05, 0) is 43.7 Å². The highest BCUT2D eigenvalue weighted by Crippen LogP contribution is 2.40. The number of nitrogens with zero attached hydrogens (tertiary/aromatic N) is 3. The number of imidazole rings is 1. The lowest BCUT2D eigenvalue weighted by Crippen LogP contribution is -2.31. The summed E-state index contributed by atoms with van der Waals surface area (Å²) in [5.41, 5.74) is 9.88. The Morgan fingerprint density at radius 1 is 1.31 bits per heavy atom. The van der Waals surface area contributed by atoms with Gasteiger partial charge in [0.25, 0.3) is 0 Å². The van der Waals surface area contributed by atoms with Crippen LogP contribution in [0.1, 0.15) is 49.5 Å². The van der Waals surface area contributed by atoms with Crippen LogP contribution in [0.2, 0.25) is 0 Å². The van der Waals surface area contributed by atoms with Crippen LogP contribution in [0.25, 0.3) is 5.65 Å². The fraction of sp³-hybridized carbons (Fsp3) is 0.579. The molecule has 3 heterocycles. The van der Waals surface area contributed by atoms with Crippen LogP contribution in [0, 0.1) is 11.8 Å². The second kappa shape index (κ2) is 6.61. The van der Waals surface area contributed by atoms with Crippen LogP contribution in [0.5, 0.6) is 0 Å². The summed E-state index contributed by atoms with van der Waals surface area (Å²) in [6, 6.07) is 3.61. The highest BCUT2D eigenvalue weighted by atomic mass is 19.3. The number of halogens is 2. The van der Waals surface area contributed by atoms with Gasteiger partial charge >= 0.3 is 0 Å². The van der Waals surface area contributed by atoms with Crippen LogP contribution in [0.4, 0.5) is 8.78 Å². The molecule has 1 saturated carbocycles. The third kappa shape index (κ3) is 3.45. The molecule has 26 heavy (non-hydrogen) atoms. The minimum Gasteiger partial charge on any atom is -0.389 e. The van der Waals surface area contributed by atoms with E-state index in [2.05, 4.69) is 22.0 Å². The first-order chi connectivity index (χ1) is 12.4. The Kier molecular flexibility index (Phi) is 4.42. The molecule has 1 aliphatic heterocycles. The van der Waals surface area contributed by atoms with E-state index in [9.17, 15) is 8.78 Å². The molecule has 2 aliphatic rings. The number of rotatable bonds is 4. The van der Waals surface area contributed by atoms with E-state index in [1.54, 1.807) is 4.52 Å². The summed E-state index contributed by atoms with van der Waals surface area (Å²) in [6.45, 7) is 5.02. The third-order valence-corrected chi connectivity index (χ3v) is 5.80. The Labute approximate surface area is 151 Å². The molecule has 2 aromatic heterocycles. The second-order valence-corrected chi connectivity index (χ2v) is 7.65. The van der Waals surface area contributed by atoms with Crippen molar-refractivity contribution in [3.05, 3.63) is 42.0 Å². The summed E-state index contributed by atoms with van der Waals surface area (Å²) in [6.07, 6.45) is 4.48. The molecule has 4 rings (SSSR count). The number of aromatic nitrogens is 3. The van der Waals surface area contributed by atoms with Gasteiger partial charge in [0.2, 0.25) is 5.92 Å². The molecule has 0 aromatic carbocycles. The van der Waals surface area contributed by atoms with Crippen molar-refractivity contribution >= 4 is 5.65 Å². The molecule has 2 unspecified atom stereocenters. The highest BCUT2D eigenvalue weighted by Gasteiger charge is 2.37. The molecule has 0 amide bonds. The zero-order valence-electron chi connectivity index (χ0n) is 14.8. The monoisotopic (exact) mass is 361 g/mol. The zero-order valence-corrected chi connectivity index (χ0v) is 14.8. The lowest BCUT2D eigenvalue weighted by molar-refractivity contribution is -0.0484. The smallest absolute Gasteiger partial charge is 0.248 e. The van der Waals surface area contributed by atoms with Crippen LogP contribution in [-0.2, 0) is 6.42 Å². The van der Waals surface area contributed by atoms with Crippen LogP contribution < -0.4 is 11.1 Å². The van der Waals surface area contributed by atoms with E-state index in [0.29, 0.717) is 18.8 Å². The summed E-state index contributed by atoms with van der Waals surface area (Å²) >= 11 is 0. The molecule has 0 spiro atoms. The summed E-state index contributed by atoms with van der Waals surface area (Å²) in [7, 11) is 0. The molecule has 2 aromatic rings. The normalized spacial score (nSPS) is 24.7. The molecule has 7 heteroatoms. The van der Waals surface area contributed by atoms with Crippen molar-refractivity contribution < 1.29 is 8.78 Å². The molecule has 0 bridgehead atoms. The number of nitrogens with two attached hydrogens (primary N) is 1. The predicted molar refractivity (Wildman–Crippen MR) is 95.8 cm³/mol. The van der Waals surface area contributed by atoms with E-state index >= 15 is 0 Å². The summed E-state index contributed by atoms with van der Waals surface area (Å²) in [5, 5.41) is 7.93. The van der Waals surface area contributed by atoms with Gasteiger partial charge in [0.1, 0.15) is 0 Å². The zero-order chi connectivity index (χ0) is 18.3. The van der Waals surface area contributed by atoms with Crippen molar-refractivity contribution in [2.75, 3.05) is 6.54 Å². The molecular formula is C19H25F2N5. The first-order valence-corrected chi connectivity index (χ1v) is 9.32. The topological polar surface area (TPSA) is 68.2 Å². The average molecular weight is 361 g/mol. The highest BCUT2D eigenvalue weighted by molar-refractivity contribution is 5.39. The van der Waals surface area contributed by atoms with Crippen molar-refractivity contribution in [1.29, 1.82) is 0 Å². The predicted octanol–water partition coefficient (Wildman–Crippen LogP) is 3.22. The molecule has 0 radical (unpaired) electrons. The van der Waals surface area contributed by atoms with E-state index < -0.39 is 5.92 Å². The molecule has 1 saturated heterocycles. The van der Waals surface area contributed by atoms with Crippen molar-refractivity contribution in [3.8, 4) is 0 Å². The molecule has 1 aliphatic carbocycles. The lowest BCUT2D eigenvalue weighted by Gasteiger charge is -2.31. The van der Waals surface area contributed by atoms with Crippen molar-refractivity contribution in [2.45, 2.75) is 50.5 Å². The minimum absolute atomic E-state index is 0.0481. The average Bonchev–Trinajstić information content (AvgIpc) is 3.20. The van der Waals surface area contributed by atoms with E-state index in [-0.39, 0.29) is 24.8 Å². The molecule has 140 valence electrons. The fourth-order valence-electron chi connectivity index (χ4n) is 4.08. The lowest BCUT2D eigenvalue weighted by atomic mass is 9.81. The number of hydrogen-bond donors (Lipinski definition) is 2. The standard InChI is InChI=1S/C19H25F2N5/c1-12-14(6-9-23-12)10-15-2-3-17-24-16(11-26(17)25-15)18(22)13-4-7-19(20,21)8-5-13/h2-3,11,13-14,18,23H,1,4-10,22H2. The second-order valence-electron chi connectivity index (χ2n) is 7.65.